The van der Waals surface area contributed by atoms with Crippen molar-refractivity contribution in [2.45, 2.75) is 41.2 Å². The molecule has 1 aliphatic rings. The Labute approximate surface area is 228 Å². The SMILES string of the molecule is C/C=C(/C)n1cc(C)c2c(C(=O)NCc3c(C)cc(C)[nH]c3=O)cc(-c3ccc(N4CCNCC4)nc3)cc21. The van der Waals surface area contributed by atoms with Gasteiger partial charge >= 0.3 is 0 Å². The van der Waals surface area contributed by atoms with E-state index in [1.54, 1.807) is 0 Å². The molecule has 0 unspecified atom stereocenters. The van der Waals surface area contributed by atoms with E-state index in [-0.39, 0.29) is 18.0 Å². The molecule has 1 amide bonds. The lowest BCUT2D eigenvalue weighted by Gasteiger charge is -2.28. The van der Waals surface area contributed by atoms with Crippen LogP contribution in [0.15, 0.2) is 53.6 Å². The standard InChI is InChI=1S/C31H36N6O2/c1-6-22(5)37-18-20(3)29-25(30(38)34-17-26-19(2)13-21(4)35-31(26)39)14-24(15-27(29)37)23-7-8-28(33-16-23)36-11-9-32-10-12-36/h6-8,13-16,18,32H,9-12,17H2,1-5H3,(H,34,38)(H,35,39)/b22-6-. The highest BCUT2D eigenvalue weighted by Gasteiger charge is 2.20. The average molecular weight is 525 g/mol. The first kappa shape index (κ1) is 26.4. The van der Waals surface area contributed by atoms with Crippen molar-refractivity contribution in [3.05, 3.63) is 87.1 Å². The van der Waals surface area contributed by atoms with E-state index >= 15 is 0 Å². The van der Waals surface area contributed by atoms with Crippen molar-refractivity contribution in [3.8, 4) is 11.1 Å². The van der Waals surface area contributed by atoms with Crippen LogP contribution in [0.5, 0.6) is 0 Å². The first-order valence-electron chi connectivity index (χ1n) is 13.5. The summed E-state index contributed by atoms with van der Waals surface area (Å²) in [4.78, 5) is 36.1. The summed E-state index contributed by atoms with van der Waals surface area (Å²) in [6.45, 7) is 13.8. The normalized spacial score (nSPS) is 14.2. The predicted octanol–water partition coefficient (Wildman–Crippen LogP) is 4.54. The number of allylic oxidation sites excluding steroid dienone is 2. The van der Waals surface area contributed by atoms with E-state index in [2.05, 4.69) is 62.5 Å². The number of nitrogens with zero attached hydrogens (tertiary/aromatic N) is 3. The van der Waals surface area contributed by atoms with Crippen LogP contribution in [0.4, 0.5) is 5.82 Å². The maximum absolute atomic E-state index is 13.7. The Bertz CT molecular complexity index is 1620. The zero-order valence-corrected chi connectivity index (χ0v) is 23.3. The zero-order valence-electron chi connectivity index (χ0n) is 23.3. The molecule has 5 rings (SSSR count). The number of aryl methyl sites for hydroxylation is 3. The van der Waals surface area contributed by atoms with Crippen LogP contribution in [0.1, 0.15) is 46.6 Å². The maximum atomic E-state index is 13.7. The van der Waals surface area contributed by atoms with Crippen LogP contribution in [0.25, 0.3) is 27.7 Å². The van der Waals surface area contributed by atoms with E-state index in [0.29, 0.717) is 11.1 Å². The third-order valence-corrected chi connectivity index (χ3v) is 7.58. The number of amides is 1. The van der Waals surface area contributed by atoms with Gasteiger partial charge in [0, 0.05) is 78.6 Å². The summed E-state index contributed by atoms with van der Waals surface area (Å²) in [5.41, 5.74) is 7.54. The highest BCUT2D eigenvalue weighted by atomic mass is 16.1. The summed E-state index contributed by atoms with van der Waals surface area (Å²) in [5, 5.41) is 7.28. The number of hydrogen-bond donors (Lipinski definition) is 3. The molecule has 4 aromatic rings. The molecule has 1 fully saturated rings. The van der Waals surface area contributed by atoms with Gasteiger partial charge in [-0.25, -0.2) is 4.98 Å². The molecule has 1 aromatic carbocycles. The lowest BCUT2D eigenvalue weighted by molar-refractivity contribution is 0.0952. The Morgan fingerprint density at radius 3 is 2.51 bits per heavy atom. The van der Waals surface area contributed by atoms with Crippen molar-refractivity contribution in [2.75, 3.05) is 31.1 Å². The number of benzene rings is 1. The number of H-pyrrole nitrogens is 1. The minimum atomic E-state index is -0.217. The second-order valence-corrected chi connectivity index (χ2v) is 10.3. The average Bonchev–Trinajstić information content (AvgIpc) is 3.28. The molecule has 0 bridgehead atoms. The summed E-state index contributed by atoms with van der Waals surface area (Å²) in [5.74, 6) is 0.743. The first-order chi connectivity index (χ1) is 18.8. The number of aromatic nitrogens is 3. The van der Waals surface area contributed by atoms with Gasteiger partial charge in [0.05, 0.1) is 5.52 Å². The van der Waals surface area contributed by atoms with Gasteiger partial charge in [0.2, 0.25) is 0 Å². The minimum Gasteiger partial charge on any atom is -0.354 e. The molecular weight excluding hydrogens is 488 g/mol. The molecule has 1 aliphatic heterocycles. The summed E-state index contributed by atoms with van der Waals surface area (Å²) < 4.78 is 2.13. The molecule has 0 aliphatic carbocycles. The number of nitrogens with one attached hydrogen (secondary N) is 3. The summed E-state index contributed by atoms with van der Waals surface area (Å²) >= 11 is 0. The molecule has 0 saturated carbocycles. The monoisotopic (exact) mass is 524 g/mol. The van der Waals surface area contributed by atoms with Crippen LogP contribution in [-0.2, 0) is 6.54 Å². The molecule has 4 heterocycles. The van der Waals surface area contributed by atoms with Crippen LogP contribution < -0.4 is 21.1 Å². The minimum absolute atomic E-state index is 0.153. The van der Waals surface area contributed by atoms with Gasteiger partial charge in [0.25, 0.3) is 11.5 Å². The van der Waals surface area contributed by atoms with Gasteiger partial charge in [-0.15, -0.1) is 0 Å². The fourth-order valence-electron chi connectivity index (χ4n) is 5.34. The van der Waals surface area contributed by atoms with Gasteiger partial charge in [0.1, 0.15) is 5.82 Å². The van der Waals surface area contributed by atoms with E-state index in [0.717, 1.165) is 76.5 Å². The molecule has 202 valence electrons. The number of aromatic amines is 1. The molecular formula is C31H36N6O2. The first-order valence-corrected chi connectivity index (χ1v) is 13.5. The van der Waals surface area contributed by atoms with E-state index in [1.807, 2.05) is 46.0 Å². The summed E-state index contributed by atoms with van der Waals surface area (Å²) in [7, 11) is 0. The Balaban J connectivity index is 1.55. The van der Waals surface area contributed by atoms with Crippen LogP contribution in [-0.4, -0.2) is 46.6 Å². The van der Waals surface area contributed by atoms with Crippen molar-refractivity contribution in [1.29, 1.82) is 0 Å². The van der Waals surface area contributed by atoms with Crippen LogP contribution >= 0.6 is 0 Å². The second-order valence-electron chi connectivity index (χ2n) is 10.3. The number of carbonyl (C=O) groups excluding carboxylic acids is 1. The van der Waals surface area contributed by atoms with Gasteiger partial charge in [-0.3, -0.25) is 9.59 Å². The summed E-state index contributed by atoms with van der Waals surface area (Å²) in [6, 6.07) is 10.1. The van der Waals surface area contributed by atoms with Crippen LogP contribution in [0.3, 0.4) is 0 Å². The highest BCUT2D eigenvalue weighted by molar-refractivity contribution is 6.10. The van der Waals surface area contributed by atoms with Crippen molar-refractivity contribution in [2.24, 2.45) is 0 Å². The van der Waals surface area contributed by atoms with E-state index in [1.165, 1.54) is 0 Å². The molecule has 3 aromatic heterocycles. The van der Waals surface area contributed by atoms with Crippen molar-refractivity contribution >= 4 is 28.3 Å². The van der Waals surface area contributed by atoms with Gasteiger partial charge in [-0.05, 0) is 81.6 Å². The fraction of sp³-hybridized carbons (Fsp3) is 0.323. The third-order valence-electron chi connectivity index (χ3n) is 7.58. The molecule has 0 spiro atoms. The smallest absolute Gasteiger partial charge is 0.253 e. The summed E-state index contributed by atoms with van der Waals surface area (Å²) in [6.07, 6.45) is 6.01. The molecule has 0 radical (unpaired) electrons. The zero-order chi connectivity index (χ0) is 27.7. The van der Waals surface area contributed by atoms with Gasteiger partial charge < -0.3 is 25.1 Å². The number of pyridine rings is 2. The molecule has 3 N–H and O–H groups in total. The Hall–Kier alpha value is -4.17. The number of fused-ring (bicyclic) bond motifs is 1. The lowest BCUT2D eigenvalue weighted by Crippen LogP contribution is -2.43. The number of rotatable bonds is 6. The number of hydrogen-bond acceptors (Lipinski definition) is 5. The number of anilines is 1. The van der Waals surface area contributed by atoms with Gasteiger partial charge in [-0.1, -0.05) is 6.08 Å². The van der Waals surface area contributed by atoms with Crippen molar-refractivity contribution in [3.63, 3.8) is 0 Å². The molecule has 1 saturated heterocycles. The Morgan fingerprint density at radius 2 is 1.85 bits per heavy atom. The van der Waals surface area contributed by atoms with Crippen molar-refractivity contribution < 1.29 is 4.79 Å². The van der Waals surface area contributed by atoms with Crippen LogP contribution in [0.2, 0.25) is 0 Å². The topological polar surface area (TPSA) is 95.0 Å². The Kier molecular flexibility index (Phi) is 7.39. The van der Waals surface area contributed by atoms with Gasteiger partial charge in [-0.2, -0.15) is 0 Å². The van der Waals surface area contributed by atoms with Crippen LogP contribution in [0, 0.1) is 20.8 Å². The third kappa shape index (κ3) is 5.25. The molecule has 8 nitrogen and oxygen atoms in total. The number of carbonyl (C=O) groups is 1. The van der Waals surface area contributed by atoms with Crippen molar-refractivity contribution in [1.82, 2.24) is 25.2 Å². The lowest BCUT2D eigenvalue weighted by atomic mass is 9.98. The largest absolute Gasteiger partial charge is 0.354 e. The fourth-order valence-corrected chi connectivity index (χ4v) is 5.34. The second kappa shape index (κ2) is 10.9. The highest BCUT2D eigenvalue weighted by Crippen LogP contribution is 2.33. The van der Waals surface area contributed by atoms with E-state index in [9.17, 15) is 9.59 Å². The molecule has 8 heteroatoms. The van der Waals surface area contributed by atoms with E-state index in [4.69, 9.17) is 4.98 Å². The quantitative estimate of drug-likeness (QED) is 0.344. The molecule has 0 atom stereocenters. The van der Waals surface area contributed by atoms with E-state index < -0.39 is 0 Å². The number of piperazine rings is 1. The van der Waals surface area contributed by atoms with Gasteiger partial charge in [0.15, 0.2) is 0 Å². The molecule has 39 heavy (non-hydrogen) atoms. The maximum Gasteiger partial charge on any atom is 0.253 e. The Morgan fingerprint density at radius 1 is 1.08 bits per heavy atom. The predicted molar refractivity (Wildman–Crippen MR) is 158 cm³/mol.